The summed E-state index contributed by atoms with van der Waals surface area (Å²) < 4.78 is 5.96. The summed E-state index contributed by atoms with van der Waals surface area (Å²) in [6.45, 7) is 10.9. The number of nitrogens with one attached hydrogen (secondary N) is 2. The van der Waals surface area contributed by atoms with Crippen LogP contribution < -0.4 is 22.1 Å². The molecule has 0 bridgehead atoms. The molecule has 1 saturated heterocycles. The molecule has 0 saturated carbocycles. The second-order valence-electron chi connectivity index (χ2n) is 15.4. The average molecular weight is 755 g/mol. The van der Waals surface area contributed by atoms with E-state index in [0.29, 0.717) is 39.0 Å². The Kier molecular flexibility index (Phi) is 13.6. The molecule has 1 aliphatic rings. The van der Waals surface area contributed by atoms with Crippen LogP contribution >= 0.6 is 11.3 Å². The van der Waals surface area contributed by atoms with Crippen molar-refractivity contribution in [1.29, 1.82) is 0 Å². The van der Waals surface area contributed by atoms with Crippen LogP contribution in [0.25, 0.3) is 21.2 Å². The topological polar surface area (TPSA) is 170 Å². The van der Waals surface area contributed by atoms with Crippen LogP contribution in [0, 0.1) is 12.3 Å². The molecule has 3 aromatic carbocycles. The maximum Gasteiger partial charge on any atom is 0.246 e. The van der Waals surface area contributed by atoms with Gasteiger partial charge in [-0.15, -0.1) is 11.3 Å². The summed E-state index contributed by atoms with van der Waals surface area (Å²) in [5.41, 5.74) is 17.7. The number of carbonyl (C=O) groups is 4. The van der Waals surface area contributed by atoms with E-state index in [1.165, 1.54) is 0 Å². The van der Waals surface area contributed by atoms with Gasteiger partial charge in [0.25, 0.3) is 0 Å². The molecule has 1 fully saturated rings. The summed E-state index contributed by atoms with van der Waals surface area (Å²) in [5.74, 6) is -1.00. The molecular weight excluding hydrogens is 701 g/mol. The number of aromatic nitrogens is 1. The number of likely N-dealkylation sites (tertiary alicyclic amines) is 1. The number of fused-ring (bicyclic) bond motifs is 1. The second-order valence-corrected chi connectivity index (χ2v) is 16.3. The van der Waals surface area contributed by atoms with E-state index in [1.54, 1.807) is 16.2 Å². The highest BCUT2D eigenvalue weighted by molar-refractivity contribution is 7.13. The lowest BCUT2D eigenvalue weighted by Gasteiger charge is -2.35. The maximum absolute atomic E-state index is 14.0. The Balaban J connectivity index is 1.13. The molecule has 0 radical (unpaired) electrons. The maximum atomic E-state index is 14.0. The largest absolute Gasteiger partial charge is 0.372 e. The number of thiazole rings is 1. The third-order valence-corrected chi connectivity index (χ3v) is 11.1. The summed E-state index contributed by atoms with van der Waals surface area (Å²) in [6, 6.07) is 18.7. The fourth-order valence-electron chi connectivity index (χ4n) is 6.75. The Morgan fingerprint density at radius 3 is 2.30 bits per heavy atom. The summed E-state index contributed by atoms with van der Waals surface area (Å²) in [7, 11) is 0. The van der Waals surface area contributed by atoms with E-state index in [-0.39, 0.29) is 48.6 Å². The first-order chi connectivity index (χ1) is 25.7. The third-order valence-electron chi connectivity index (χ3n) is 10.1. The Hall–Kier alpha value is -4.65. The van der Waals surface area contributed by atoms with Gasteiger partial charge >= 0.3 is 0 Å². The van der Waals surface area contributed by atoms with Gasteiger partial charge in [-0.2, -0.15) is 0 Å². The Bertz CT molecular complexity index is 1940. The van der Waals surface area contributed by atoms with Crippen molar-refractivity contribution in [1.82, 2.24) is 20.5 Å². The van der Waals surface area contributed by atoms with E-state index in [2.05, 4.69) is 27.8 Å². The number of carbonyl (C=O) groups excluding carboxylic acids is 4. The van der Waals surface area contributed by atoms with Gasteiger partial charge in [-0.3, -0.25) is 19.2 Å². The van der Waals surface area contributed by atoms with Crippen molar-refractivity contribution in [3.8, 4) is 10.4 Å². The number of benzene rings is 3. The molecule has 0 aliphatic carbocycles. The van der Waals surface area contributed by atoms with Crippen molar-refractivity contribution in [3.63, 3.8) is 0 Å². The first-order valence-corrected chi connectivity index (χ1v) is 19.6. The molecule has 4 atom stereocenters. The van der Waals surface area contributed by atoms with E-state index in [0.717, 1.165) is 50.0 Å². The van der Waals surface area contributed by atoms with Crippen LogP contribution in [0.15, 0.2) is 66.2 Å². The summed E-state index contributed by atoms with van der Waals surface area (Å²) in [4.78, 5) is 58.9. The Labute approximate surface area is 322 Å². The first-order valence-electron chi connectivity index (χ1n) is 18.7. The summed E-state index contributed by atoms with van der Waals surface area (Å²) in [5, 5.41) is 8.15. The van der Waals surface area contributed by atoms with Crippen molar-refractivity contribution in [3.05, 3.63) is 88.6 Å². The van der Waals surface area contributed by atoms with Gasteiger partial charge in [0.15, 0.2) is 0 Å². The number of hydrogen-bond donors (Lipinski definition) is 4. The highest BCUT2D eigenvalue weighted by Crippen LogP contribution is 2.28. The smallest absolute Gasteiger partial charge is 0.246 e. The number of nitrogens with two attached hydrogens (primary N) is 2. The lowest BCUT2D eigenvalue weighted by Crippen LogP contribution is -2.57. The van der Waals surface area contributed by atoms with Gasteiger partial charge in [0.05, 0.1) is 28.8 Å². The molecule has 0 spiro atoms. The molecular formula is C42H54N6O5S. The molecule has 54 heavy (non-hydrogen) atoms. The van der Waals surface area contributed by atoms with Crippen molar-refractivity contribution in [2.45, 2.75) is 111 Å². The summed E-state index contributed by atoms with van der Waals surface area (Å²) >= 11 is 1.60. The highest BCUT2D eigenvalue weighted by Gasteiger charge is 2.41. The van der Waals surface area contributed by atoms with Crippen molar-refractivity contribution in [2.24, 2.45) is 16.9 Å². The SMILES string of the molecule is Cc1ncsc1-c1ccc(CNC(=O)[C@H]2CCCN2C(=O)[C@H](NC(=O)CCc2ccc3cc(CO[C@H](C)[C@@H](N)CCC(N)=O)ccc3c2)C(C)(C)C)cc1. The molecule has 12 heteroatoms. The second kappa shape index (κ2) is 18.1. The molecule has 11 nitrogen and oxygen atoms in total. The molecule has 4 aromatic rings. The van der Waals surface area contributed by atoms with Crippen LogP contribution in [0.3, 0.4) is 0 Å². The Morgan fingerprint density at radius 1 is 0.981 bits per heavy atom. The van der Waals surface area contributed by atoms with Crippen LogP contribution in [-0.4, -0.2) is 64.3 Å². The van der Waals surface area contributed by atoms with Crippen LogP contribution in [-0.2, 0) is 43.5 Å². The molecule has 6 N–H and O–H groups in total. The van der Waals surface area contributed by atoms with Gasteiger partial charge in [-0.25, -0.2) is 4.98 Å². The number of ether oxygens (including phenoxy) is 1. The predicted octanol–water partition coefficient (Wildman–Crippen LogP) is 5.54. The number of hydrogen-bond acceptors (Lipinski definition) is 8. The van der Waals surface area contributed by atoms with Gasteiger partial charge in [0, 0.05) is 32.0 Å². The van der Waals surface area contributed by atoms with Gasteiger partial charge in [0.2, 0.25) is 23.6 Å². The number of amides is 4. The fraction of sp³-hybridized carbons (Fsp3) is 0.452. The van der Waals surface area contributed by atoms with Crippen LogP contribution in [0.1, 0.15) is 82.2 Å². The minimum Gasteiger partial charge on any atom is -0.372 e. The van der Waals surface area contributed by atoms with Crippen molar-refractivity contribution >= 4 is 45.7 Å². The molecule has 4 amide bonds. The lowest BCUT2D eigenvalue weighted by atomic mass is 9.85. The van der Waals surface area contributed by atoms with E-state index in [1.807, 2.05) is 88.7 Å². The monoisotopic (exact) mass is 754 g/mol. The Morgan fingerprint density at radius 2 is 1.65 bits per heavy atom. The number of primary amides is 1. The van der Waals surface area contributed by atoms with Crippen molar-refractivity contribution < 1.29 is 23.9 Å². The number of nitrogens with zero attached hydrogens (tertiary/aromatic N) is 2. The van der Waals surface area contributed by atoms with Gasteiger partial charge < -0.3 is 31.7 Å². The number of rotatable bonds is 16. The van der Waals surface area contributed by atoms with E-state index < -0.39 is 17.5 Å². The number of aryl methyl sites for hydroxylation is 2. The summed E-state index contributed by atoms with van der Waals surface area (Å²) in [6.07, 6.45) is 2.52. The van der Waals surface area contributed by atoms with Crippen LogP contribution in [0.5, 0.6) is 0 Å². The minimum absolute atomic E-state index is 0.186. The van der Waals surface area contributed by atoms with Crippen LogP contribution in [0.2, 0.25) is 0 Å². The molecule has 1 aromatic heterocycles. The van der Waals surface area contributed by atoms with Gasteiger partial charge in [-0.05, 0) is 84.0 Å². The van der Waals surface area contributed by atoms with E-state index >= 15 is 0 Å². The van der Waals surface area contributed by atoms with Gasteiger partial charge in [0.1, 0.15) is 12.1 Å². The third kappa shape index (κ3) is 10.7. The standard InChI is InChI=1S/C42H54N6O5S/c1-26-38(54-25-46-26)31-13-9-29(10-14-31)23-45-40(51)35-7-6-20-48(35)41(52)39(42(3,4)5)47-37(50)19-12-28-8-15-33-22-30(11-16-32(33)21-28)24-53-27(2)34(43)17-18-36(44)49/h8-11,13-16,21-22,25,27,34-35,39H,6-7,12,17-20,23-24,43H2,1-5H3,(H2,44,49)(H,45,51)(H,47,50)/t27-,34+,35-,39+/m1/s1. The first kappa shape index (κ1) is 40.5. The van der Waals surface area contributed by atoms with Crippen LogP contribution in [0.4, 0.5) is 0 Å². The fourth-order valence-corrected chi connectivity index (χ4v) is 7.57. The average Bonchev–Trinajstić information content (AvgIpc) is 3.82. The van der Waals surface area contributed by atoms with E-state index in [9.17, 15) is 19.2 Å². The van der Waals surface area contributed by atoms with E-state index in [4.69, 9.17) is 16.2 Å². The zero-order chi connectivity index (χ0) is 39.0. The molecule has 288 valence electrons. The normalized spacial score (nSPS) is 16.2. The molecule has 5 rings (SSSR count). The minimum atomic E-state index is -0.779. The predicted molar refractivity (Wildman–Crippen MR) is 213 cm³/mol. The molecule has 1 aliphatic heterocycles. The quantitative estimate of drug-likeness (QED) is 0.116. The molecule has 2 heterocycles. The zero-order valence-corrected chi connectivity index (χ0v) is 32.8. The molecule has 0 unspecified atom stereocenters. The zero-order valence-electron chi connectivity index (χ0n) is 32.0. The highest BCUT2D eigenvalue weighted by atomic mass is 32.1. The lowest BCUT2D eigenvalue weighted by molar-refractivity contribution is -0.143. The van der Waals surface area contributed by atoms with Crippen molar-refractivity contribution in [2.75, 3.05) is 6.54 Å². The van der Waals surface area contributed by atoms with Gasteiger partial charge in [-0.1, -0.05) is 75.4 Å².